The summed E-state index contributed by atoms with van der Waals surface area (Å²) in [6.07, 6.45) is 3.16. The fourth-order valence-corrected chi connectivity index (χ4v) is 4.43. The van der Waals surface area contributed by atoms with Crippen molar-refractivity contribution in [1.82, 2.24) is 14.8 Å². The van der Waals surface area contributed by atoms with Crippen molar-refractivity contribution in [3.8, 4) is 0 Å². The summed E-state index contributed by atoms with van der Waals surface area (Å²) < 4.78 is 1.82. The average Bonchev–Trinajstić information content (AvgIpc) is 3.00. The van der Waals surface area contributed by atoms with Crippen molar-refractivity contribution in [2.75, 3.05) is 11.1 Å². The molecule has 0 saturated heterocycles. The Hall–Kier alpha value is -2.05. The minimum Gasteiger partial charge on any atom is -0.328 e. The molecule has 27 heavy (non-hydrogen) atoms. The predicted molar refractivity (Wildman–Crippen MR) is 109 cm³/mol. The van der Waals surface area contributed by atoms with E-state index in [4.69, 9.17) is 11.6 Å². The molecule has 1 unspecified atom stereocenters. The van der Waals surface area contributed by atoms with E-state index in [2.05, 4.69) is 35.8 Å². The SMILES string of the molecule is C=CCSc1nc2n(n1)C(c1ccc(Cl)cc1)C1=C(CC(C)(C)CC1=O)N2. The number of Topliss-reactive ketones (excluding diaryl/α,β-unsaturated/α-hetero) is 1. The second kappa shape index (κ2) is 6.84. The number of benzene rings is 1. The molecule has 2 heterocycles. The lowest BCUT2D eigenvalue weighted by Crippen LogP contribution is -2.36. The summed E-state index contributed by atoms with van der Waals surface area (Å²) in [6.45, 7) is 8.00. The molecule has 0 fully saturated rings. The molecule has 0 amide bonds. The van der Waals surface area contributed by atoms with Crippen molar-refractivity contribution in [3.05, 3.63) is 58.8 Å². The number of allylic oxidation sites excluding steroid dienone is 2. The first kappa shape index (κ1) is 18.3. The number of rotatable bonds is 4. The van der Waals surface area contributed by atoms with E-state index in [0.29, 0.717) is 22.5 Å². The van der Waals surface area contributed by atoms with Gasteiger partial charge in [-0.1, -0.05) is 55.4 Å². The van der Waals surface area contributed by atoms with Crippen molar-refractivity contribution in [3.63, 3.8) is 0 Å². The fourth-order valence-electron chi connectivity index (χ4n) is 3.74. The molecule has 0 radical (unpaired) electrons. The zero-order valence-electron chi connectivity index (χ0n) is 15.3. The molecule has 7 heteroatoms. The fraction of sp³-hybridized carbons (Fsp3) is 0.350. The normalized spacial score (nSPS) is 20.7. The lowest BCUT2D eigenvalue weighted by atomic mass is 9.73. The van der Waals surface area contributed by atoms with Crippen molar-refractivity contribution in [2.24, 2.45) is 5.41 Å². The summed E-state index contributed by atoms with van der Waals surface area (Å²) in [5.41, 5.74) is 2.65. The molecule has 1 aliphatic heterocycles. The topological polar surface area (TPSA) is 59.8 Å². The second-order valence-corrected chi connectivity index (χ2v) is 9.10. The zero-order valence-corrected chi connectivity index (χ0v) is 16.9. The van der Waals surface area contributed by atoms with Gasteiger partial charge in [-0.05, 0) is 29.5 Å². The molecule has 0 spiro atoms. The van der Waals surface area contributed by atoms with Crippen LogP contribution in [0.3, 0.4) is 0 Å². The number of ketones is 1. The Balaban J connectivity index is 1.84. The maximum absolute atomic E-state index is 13.1. The smallest absolute Gasteiger partial charge is 0.227 e. The standard InChI is InChI=1S/C20H21ClN4OS/c1-4-9-27-19-23-18-22-14-10-20(2,3)11-15(26)16(14)17(25(18)24-19)12-5-7-13(21)8-6-12/h4-8,17H,1,9-11H2,2-3H3,(H,22,23,24). The predicted octanol–water partition coefficient (Wildman–Crippen LogP) is 4.87. The van der Waals surface area contributed by atoms with E-state index >= 15 is 0 Å². The number of aromatic nitrogens is 3. The van der Waals surface area contributed by atoms with E-state index < -0.39 is 0 Å². The third kappa shape index (κ3) is 3.44. The molecule has 5 nitrogen and oxygen atoms in total. The van der Waals surface area contributed by atoms with Gasteiger partial charge >= 0.3 is 0 Å². The first-order chi connectivity index (χ1) is 12.9. The Morgan fingerprint density at radius 3 is 2.81 bits per heavy atom. The van der Waals surface area contributed by atoms with E-state index in [1.807, 2.05) is 35.0 Å². The van der Waals surface area contributed by atoms with Gasteiger partial charge < -0.3 is 5.32 Å². The molecule has 1 N–H and O–H groups in total. The van der Waals surface area contributed by atoms with Crippen LogP contribution in [0.25, 0.3) is 0 Å². The van der Waals surface area contributed by atoms with Crippen LogP contribution in [0.5, 0.6) is 0 Å². The highest BCUT2D eigenvalue weighted by atomic mass is 35.5. The Morgan fingerprint density at radius 2 is 2.11 bits per heavy atom. The molecule has 140 valence electrons. The number of anilines is 1. The third-order valence-corrected chi connectivity index (χ3v) is 5.91. The first-order valence-corrected chi connectivity index (χ1v) is 10.2. The highest BCUT2D eigenvalue weighted by Crippen LogP contribution is 2.45. The van der Waals surface area contributed by atoms with Gasteiger partial charge in [0.1, 0.15) is 6.04 Å². The van der Waals surface area contributed by atoms with Gasteiger partial charge in [-0.25, -0.2) is 4.68 Å². The molecular weight excluding hydrogens is 380 g/mol. The summed E-state index contributed by atoms with van der Waals surface area (Å²) in [7, 11) is 0. The number of nitrogens with one attached hydrogen (secondary N) is 1. The molecule has 1 aliphatic carbocycles. The van der Waals surface area contributed by atoms with Crippen LogP contribution in [-0.4, -0.2) is 26.3 Å². The minimum atomic E-state index is -0.289. The van der Waals surface area contributed by atoms with Crippen LogP contribution >= 0.6 is 23.4 Å². The van der Waals surface area contributed by atoms with Gasteiger partial charge in [-0.15, -0.1) is 11.7 Å². The number of carbonyl (C=O) groups is 1. The zero-order chi connectivity index (χ0) is 19.2. The Kier molecular flexibility index (Phi) is 4.64. The van der Waals surface area contributed by atoms with Gasteiger partial charge in [0.15, 0.2) is 5.78 Å². The van der Waals surface area contributed by atoms with Crippen molar-refractivity contribution >= 4 is 35.1 Å². The number of nitrogens with zero attached hydrogens (tertiary/aromatic N) is 3. The molecule has 4 rings (SSSR count). The van der Waals surface area contributed by atoms with E-state index in [0.717, 1.165) is 29.0 Å². The molecule has 0 bridgehead atoms. The van der Waals surface area contributed by atoms with E-state index in [1.54, 1.807) is 0 Å². The quantitative estimate of drug-likeness (QED) is 0.586. The molecule has 2 aliphatic rings. The third-order valence-electron chi connectivity index (χ3n) is 4.83. The Morgan fingerprint density at radius 1 is 1.37 bits per heavy atom. The maximum Gasteiger partial charge on any atom is 0.227 e. The number of halogens is 1. The summed E-state index contributed by atoms with van der Waals surface area (Å²) in [6, 6.07) is 7.32. The van der Waals surface area contributed by atoms with Crippen LogP contribution in [0, 0.1) is 5.41 Å². The van der Waals surface area contributed by atoms with E-state index in [-0.39, 0.29) is 17.2 Å². The van der Waals surface area contributed by atoms with Crippen LogP contribution in [0.15, 0.2) is 53.3 Å². The average molecular weight is 401 g/mol. The maximum atomic E-state index is 13.1. The van der Waals surface area contributed by atoms with E-state index in [9.17, 15) is 4.79 Å². The molecule has 1 aromatic heterocycles. The van der Waals surface area contributed by atoms with Crippen LogP contribution in [0.2, 0.25) is 5.02 Å². The van der Waals surface area contributed by atoms with Crippen LogP contribution in [0.1, 0.15) is 38.3 Å². The monoisotopic (exact) mass is 400 g/mol. The Bertz CT molecular complexity index is 945. The molecule has 0 saturated carbocycles. The second-order valence-electron chi connectivity index (χ2n) is 7.67. The molecular formula is C20H21ClN4OS. The summed E-state index contributed by atoms with van der Waals surface area (Å²) >= 11 is 7.60. The van der Waals surface area contributed by atoms with Crippen LogP contribution in [-0.2, 0) is 4.79 Å². The van der Waals surface area contributed by atoms with Crippen LogP contribution in [0.4, 0.5) is 5.95 Å². The van der Waals surface area contributed by atoms with Gasteiger partial charge in [0.25, 0.3) is 0 Å². The minimum absolute atomic E-state index is 0.0733. The van der Waals surface area contributed by atoms with E-state index in [1.165, 1.54) is 11.8 Å². The molecule has 1 aromatic carbocycles. The van der Waals surface area contributed by atoms with Crippen molar-refractivity contribution in [2.45, 2.75) is 37.9 Å². The van der Waals surface area contributed by atoms with Crippen LogP contribution < -0.4 is 5.32 Å². The lowest BCUT2D eigenvalue weighted by molar-refractivity contribution is -0.118. The summed E-state index contributed by atoms with van der Waals surface area (Å²) in [4.78, 5) is 17.7. The number of thioether (sulfide) groups is 1. The van der Waals surface area contributed by atoms with Gasteiger partial charge in [-0.3, -0.25) is 4.79 Å². The summed E-state index contributed by atoms with van der Waals surface area (Å²) in [5.74, 6) is 1.56. The van der Waals surface area contributed by atoms with Gasteiger partial charge in [-0.2, -0.15) is 4.98 Å². The highest BCUT2D eigenvalue weighted by molar-refractivity contribution is 7.99. The number of carbonyl (C=O) groups excluding carboxylic acids is 1. The number of hydrogen-bond donors (Lipinski definition) is 1. The summed E-state index contributed by atoms with van der Waals surface area (Å²) in [5, 5.41) is 9.38. The highest BCUT2D eigenvalue weighted by Gasteiger charge is 2.41. The van der Waals surface area contributed by atoms with Gasteiger partial charge in [0.2, 0.25) is 11.1 Å². The Labute approximate surface area is 167 Å². The van der Waals surface area contributed by atoms with Gasteiger partial charge in [0.05, 0.1) is 0 Å². The van der Waals surface area contributed by atoms with Crippen molar-refractivity contribution in [1.29, 1.82) is 0 Å². The molecule has 1 atom stereocenters. The number of fused-ring (bicyclic) bond motifs is 1. The largest absolute Gasteiger partial charge is 0.328 e. The first-order valence-electron chi connectivity index (χ1n) is 8.87. The van der Waals surface area contributed by atoms with Crippen molar-refractivity contribution < 1.29 is 4.79 Å². The number of hydrogen-bond acceptors (Lipinski definition) is 5. The van der Waals surface area contributed by atoms with Gasteiger partial charge in [0, 0.05) is 28.5 Å². The molecule has 2 aromatic rings. The lowest BCUT2D eigenvalue weighted by Gasteiger charge is -2.38.